The molecule has 1 heterocycles. The predicted molar refractivity (Wildman–Crippen MR) is 109 cm³/mol. The largest absolute Gasteiger partial charge is 0.497 e. The van der Waals surface area contributed by atoms with Crippen molar-refractivity contribution in [3.05, 3.63) is 47.7 Å². The highest BCUT2D eigenvalue weighted by Gasteiger charge is 2.25. The van der Waals surface area contributed by atoms with Crippen LogP contribution in [0.3, 0.4) is 0 Å². The van der Waals surface area contributed by atoms with Crippen molar-refractivity contribution in [1.82, 2.24) is 15.6 Å². The quantitative estimate of drug-likeness (QED) is 0.712. The molecule has 0 radical (unpaired) electrons. The Bertz CT molecular complexity index is 816. The van der Waals surface area contributed by atoms with E-state index in [1.54, 1.807) is 14.0 Å². The number of carbonyl (C=O) groups is 2. The van der Waals surface area contributed by atoms with Gasteiger partial charge in [0.05, 0.1) is 7.11 Å². The molecule has 156 valence electrons. The molecule has 1 saturated carbocycles. The van der Waals surface area contributed by atoms with Gasteiger partial charge in [-0.3, -0.25) is 9.59 Å². The maximum Gasteiger partial charge on any atom is 0.273 e. The molecule has 2 N–H and O–H groups in total. The van der Waals surface area contributed by atoms with Crippen LogP contribution in [0.5, 0.6) is 5.75 Å². The molecule has 0 bridgehead atoms. The SMILES string of the molecule is COc1ccc(CCC(=O)NC[C@@H]2CCC[C@H](NC(=O)c3ncoc3C)C2)cc1. The van der Waals surface area contributed by atoms with Crippen molar-refractivity contribution in [2.24, 2.45) is 5.92 Å². The van der Waals surface area contributed by atoms with Gasteiger partial charge in [0.1, 0.15) is 11.5 Å². The smallest absolute Gasteiger partial charge is 0.273 e. The maximum absolute atomic E-state index is 12.3. The third kappa shape index (κ3) is 6.07. The monoisotopic (exact) mass is 399 g/mol. The van der Waals surface area contributed by atoms with Crippen LogP contribution in [0.25, 0.3) is 0 Å². The lowest BCUT2D eigenvalue weighted by Gasteiger charge is -2.29. The van der Waals surface area contributed by atoms with Gasteiger partial charge in [0.25, 0.3) is 5.91 Å². The van der Waals surface area contributed by atoms with Gasteiger partial charge >= 0.3 is 0 Å². The molecule has 7 heteroatoms. The molecule has 1 aliphatic carbocycles. The topological polar surface area (TPSA) is 93.5 Å². The van der Waals surface area contributed by atoms with Crippen molar-refractivity contribution in [2.75, 3.05) is 13.7 Å². The number of nitrogens with zero attached hydrogens (tertiary/aromatic N) is 1. The van der Waals surface area contributed by atoms with Crippen molar-refractivity contribution in [2.45, 2.75) is 51.5 Å². The van der Waals surface area contributed by atoms with Gasteiger partial charge in [-0.25, -0.2) is 4.98 Å². The summed E-state index contributed by atoms with van der Waals surface area (Å²) >= 11 is 0. The molecular formula is C22H29N3O4. The summed E-state index contributed by atoms with van der Waals surface area (Å²) in [6.45, 7) is 2.38. The van der Waals surface area contributed by atoms with Gasteiger partial charge in [-0.15, -0.1) is 0 Å². The standard InChI is InChI=1S/C22H29N3O4/c1-15-21(24-14-29-15)22(27)25-18-5-3-4-17(12-18)13-23-20(26)11-8-16-6-9-19(28-2)10-7-16/h6-7,9-10,14,17-18H,3-5,8,11-13H2,1-2H3,(H,23,26)(H,25,27)/t17-,18+/m1/s1. The second-order valence-electron chi connectivity index (χ2n) is 7.61. The Morgan fingerprint density at radius 1 is 1.24 bits per heavy atom. The first-order valence-electron chi connectivity index (χ1n) is 10.2. The Hall–Kier alpha value is -2.83. The second kappa shape index (κ2) is 10.1. The zero-order chi connectivity index (χ0) is 20.6. The average molecular weight is 399 g/mol. The highest BCUT2D eigenvalue weighted by molar-refractivity contribution is 5.93. The van der Waals surface area contributed by atoms with Crippen molar-refractivity contribution in [3.63, 3.8) is 0 Å². The number of ether oxygens (including phenoxy) is 1. The molecule has 1 aromatic carbocycles. The summed E-state index contributed by atoms with van der Waals surface area (Å²) in [6.07, 6.45) is 6.37. The highest BCUT2D eigenvalue weighted by atomic mass is 16.5. The van der Waals surface area contributed by atoms with E-state index in [2.05, 4.69) is 15.6 Å². The number of aryl methyl sites for hydroxylation is 2. The lowest BCUT2D eigenvalue weighted by Crippen LogP contribution is -2.41. The Morgan fingerprint density at radius 3 is 2.72 bits per heavy atom. The number of carbonyl (C=O) groups excluding carboxylic acids is 2. The van der Waals surface area contributed by atoms with Gasteiger partial charge in [-0.2, -0.15) is 0 Å². The van der Waals surface area contributed by atoms with E-state index in [-0.39, 0.29) is 17.9 Å². The Morgan fingerprint density at radius 2 is 2.03 bits per heavy atom. The first-order chi connectivity index (χ1) is 14.0. The number of oxazole rings is 1. The molecule has 1 aliphatic rings. The number of aromatic nitrogens is 1. The van der Waals surface area contributed by atoms with Gasteiger partial charge in [0, 0.05) is 19.0 Å². The molecule has 3 rings (SSSR count). The van der Waals surface area contributed by atoms with Crippen molar-refractivity contribution in [1.29, 1.82) is 0 Å². The fourth-order valence-electron chi connectivity index (χ4n) is 3.78. The Balaban J connectivity index is 1.39. The number of hydrogen-bond acceptors (Lipinski definition) is 5. The van der Waals surface area contributed by atoms with E-state index in [9.17, 15) is 9.59 Å². The van der Waals surface area contributed by atoms with Crippen molar-refractivity contribution >= 4 is 11.8 Å². The minimum absolute atomic E-state index is 0.0604. The molecule has 1 fully saturated rings. The van der Waals surface area contributed by atoms with Crippen LogP contribution in [0.1, 0.15) is 53.9 Å². The van der Waals surface area contributed by atoms with Crippen LogP contribution in [0.2, 0.25) is 0 Å². The van der Waals surface area contributed by atoms with Crippen LogP contribution in [-0.2, 0) is 11.2 Å². The number of amides is 2. The number of methoxy groups -OCH3 is 1. The lowest BCUT2D eigenvalue weighted by molar-refractivity contribution is -0.121. The van der Waals surface area contributed by atoms with E-state index >= 15 is 0 Å². The zero-order valence-electron chi connectivity index (χ0n) is 17.1. The van der Waals surface area contributed by atoms with E-state index in [0.29, 0.717) is 36.8 Å². The molecule has 2 amide bonds. The van der Waals surface area contributed by atoms with Crippen LogP contribution < -0.4 is 15.4 Å². The molecule has 0 saturated heterocycles. The average Bonchev–Trinajstić information content (AvgIpc) is 3.17. The van der Waals surface area contributed by atoms with Gasteiger partial charge in [-0.05, 0) is 56.2 Å². The van der Waals surface area contributed by atoms with Crippen LogP contribution in [0.4, 0.5) is 0 Å². The third-order valence-electron chi connectivity index (χ3n) is 5.47. The molecule has 0 unspecified atom stereocenters. The molecule has 2 atom stereocenters. The van der Waals surface area contributed by atoms with Crippen molar-refractivity contribution in [3.8, 4) is 5.75 Å². The first-order valence-corrected chi connectivity index (χ1v) is 10.2. The van der Waals surface area contributed by atoms with Gasteiger partial charge in [0.2, 0.25) is 5.91 Å². The first kappa shape index (κ1) is 20.9. The lowest BCUT2D eigenvalue weighted by atomic mass is 9.85. The Kier molecular flexibility index (Phi) is 7.27. The molecule has 29 heavy (non-hydrogen) atoms. The normalized spacial score (nSPS) is 18.8. The number of benzene rings is 1. The molecule has 1 aromatic heterocycles. The second-order valence-corrected chi connectivity index (χ2v) is 7.61. The Labute approximate surface area is 171 Å². The van der Waals surface area contributed by atoms with Gasteiger partial charge < -0.3 is 19.8 Å². The number of hydrogen-bond donors (Lipinski definition) is 2. The molecule has 0 spiro atoms. The minimum Gasteiger partial charge on any atom is -0.497 e. The van der Waals surface area contributed by atoms with Crippen molar-refractivity contribution < 1.29 is 18.7 Å². The molecular weight excluding hydrogens is 370 g/mol. The highest BCUT2D eigenvalue weighted by Crippen LogP contribution is 2.24. The van der Waals surface area contributed by atoms with Gasteiger partial charge in [0.15, 0.2) is 12.1 Å². The van der Waals surface area contributed by atoms with Gasteiger partial charge in [-0.1, -0.05) is 18.6 Å². The summed E-state index contributed by atoms with van der Waals surface area (Å²) in [6, 6.07) is 7.89. The maximum atomic E-state index is 12.3. The van der Waals surface area contributed by atoms with Crippen LogP contribution >= 0.6 is 0 Å². The zero-order valence-corrected chi connectivity index (χ0v) is 17.1. The molecule has 7 nitrogen and oxygen atoms in total. The van der Waals surface area contributed by atoms with E-state index in [4.69, 9.17) is 9.15 Å². The third-order valence-corrected chi connectivity index (χ3v) is 5.47. The van der Waals surface area contributed by atoms with Crippen LogP contribution in [0, 0.1) is 12.8 Å². The predicted octanol–water partition coefficient (Wildman–Crippen LogP) is 3.03. The number of rotatable bonds is 8. The molecule has 2 aromatic rings. The van der Waals surface area contributed by atoms with Crippen LogP contribution in [-0.4, -0.2) is 36.5 Å². The van der Waals surface area contributed by atoms with E-state index in [1.165, 1.54) is 6.39 Å². The molecule has 0 aliphatic heterocycles. The minimum atomic E-state index is -0.189. The number of nitrogens with one attached hydrogen (secondary N) is 2. The fraction of sp³-hybridized carbons (Fsp3) is 0.500. The summed E-state index contributed by atoms with van der Waals surface area (Å²) < 4.78 is 10.2. The summed E-state index contributed by atoms with van der Waals surface area (Å²) in [4.78, 5) is 28.5. The summed E-state index contributed by atoms with van der Waals surface area (Å²) in [5.41, 5.74) is 1.46. The summed E-state index contributed by atoms with van der Waals surface area (Å²) in [5, 5.41) is 6.10. The summed E-state index contributed by atoms with van der Waals surface area (Å²) in [7, 11) is 1.64. The van der Waals surface area contributed by atoms with E-state index in [1.807, 2.05) is 24.3 Å². The summed E-state index contributed by atoms with van der Waals surface area (Å²) in [5.74, 6) is 1.59. The fourth-order valence-corrected chi connectivity index (χ4v) is 3.78. The van der Waals surface area contributed by atoms with E-state index < -0.39 is 0 Å². The van der Waals surface area contributed by atoms with Crippen LogP contribution in [0.15, 0.2) is 35.1 Å². The van der Waals surface area contributed by atoms with E-state index in [0.717, 1.165) is 37.0 Å².